The lowest BCUT2D eigenvalue weighted by Crippen LogP contribution is -2.36. The van der Waals surface area contributed by atoms with E-state index in [0.29, 0.717) is 25.7 Å². The highest BCUT2D eigenvalue weighted by Gasteiger charge is 2.46. The van der Waals surface area contributed by atoms with Crippen molar-refractivity contribution in [2.45, 2.75) is 224 Å². The molecule has 424 valence electrons. The number of aliphatic hydroxyl groups excluding tert-OH is 3. The number of esters is 2. The second-order valence-corrected chi connectivity index (χ2v) is 22.2. The molecule has 0 aliphatic carbocycles. The lowest BCUT2D eigenvalue weighted by Gasteiger charge is -2.21. The summed E-state index contributed by atoms with van der Waals surface area (Å²) in [5.74, 6) is -0.537. The van der Waals surface area contributed by atoms with Gasteiger partial charge >= 0.3 is 33.3 Å². The summed E-state index contributed by atoms with van der Waals surface area (Å²) in [7, 11) is -10.9. The van der Waals surface area contributed by atoms with E-state index in [-0.39, 0.29) is 24.8 Å². The Morgan fingerprint density at radius 3 is 1.81 bits per heavy atom. The van der Waals surface area contributed by atoms with Gasteiger partial charge in [0.1, 0.15) is 30.7 Å². The maximum atomic E-state index is 12.9. The first kappa shape index (κ1) is 66.8. The lowest BCUT2D eigenvalue weighted by atomic mass is 9.99. The fourth-order valence-electron chi connectivity index (χ4n) is 7.85. The van der Waals surface area contributed by atoms with Gasteiger partial charge in [0.25, 0.3) is 0 Å². The number of phosphoric acid groups is 2. The van der Waals surface area contributed by atoms with Gasteiger partial charge in [-0.25, -0.2) is 13.9 Å². The van der Waals surface area contributed by atoms with Crippen LogP contribution in [0.2, 0.25) is 0 Å². The summed E-state index contributed by atoms with van der Waals surface area (Å²) < 4.78 is 56.8. The summed E-state index contributed by atoms with van der Waals surface area (Å²) in [5, 5.41) is 30.5. The SMILES string of the molecule is CCC(C)CCCCCCCCCCCCCCCCC(=O)OC[C@H](COP(=O)(O)OP(=O)(O)OC[C@H]1O[C@@H](n2ccc(N)nc2=O)[C@H](O)[C@@H]1O)OC(=O)CCC/C=C\C/C=C\C/C=C\C/C=C\CC[C@H](O)CC. The molecule has 1 fully saturated rings. The van der Waals surface area contributed by atoms with Crippen molar-refractivity contribution in [3.05, 3.63) is 71.4 Å². The highest BCUT2D eigenvalue weighted by atomic mass is 31.3. The van der Waals surface area contributed by atoms with Crippen LogP contribution < -0.4 is 11.4 Å². The smallest absolute Gasteiger partial charge is 0.462 e. The van der Waals surface area contributed by atoms with Crippen molar-refractivity contribution in [3.8, 4) is 0 Å². The molecule has 3 unspecified atom stereocenters. The van der Waals surface area contributed by atoms with Crippen LogP contribution in [0.3, 0.4) is 0 Å². The third-order valence-electron chi connectivity index (χ3n) is 12.6. The van der Waals surface area contributed by atoms with Gasteiger partial charge in [0, 0.05) is 19.0 Å². The highest BCUT2D eigenvalue weighted by Crippen LogP contribution is 2.60. The van der Waals surface area contributed by atoms with Crippen LogP contribution in [-0.2, 0) is 46.3 Å². The number of hydrogen-bond donors (Lipinski definition) is 6. The fraction of sp³-hybridized carbons (Fsp3) is 0.736. The molecule has 19 nitrogen and oxygen atoms in total. The van der Waals surface area contributed by atoms with Crippen molar-refractivity contribution in [1.82, 2.24) is 9.55 Å². The number of aromatic nitrogens is 2. The van der Waals surface area contributed by atoms with E-state index in [4.69, 9.17) is 29.0 Å². The Kier molecular flexibility index (Phi) is 36.1. The minimum Gasteiger partial charge on any atom is -0.462 e. The van der Waals surface area contributed by atoms with Crippen LogP contribution >= 0.6 is 15.6 Å². The normalized spacial score (nSPS) is 20.1. The van der Waals surface area contributed by atoms with Gasteiger partial charge in [-0.05, 0) is 69.8 Å². The summed E-state index contributed by atoms with van der Waals surface area (Å²) in [5.41, 5.74) is 4.59. The number of carbonyl (C=O) groups excluding carboxylic acids is 2. The zero-order valence-corrected chi connectivity index (χ0v) is 46.2. The van der Waals surface area contributed by atoms with Gasteiger partial charge in [-0.15, -0.1) is 0 Å². The number of ether oxygens (including phenoxy) is 3. The summed E-state index contributed by atoms with van der Waals surface area (Å²) in [6.07, 6.45) is 34.2. The quantitative estimate of drug-likeness (QED) is 0.0153. The Hall–Kier alpha value is -3.32. The average molecular weight is 1090 g/mol. The largest absolute Gasteiger partial charge is 0.481 e. The predicted octanol–water partition coefficient (Wildman–Crippen LogP) is 10.6. The van der Waals surface area contributed by atoms with Gasteiger partial charge in [-0.2, -0.15) is 9.29 Å². The van der Waals surface area contributed by atoms with E-state index in [2.05, 4.69) is 53.5 Å². The van der Waals surface area contributed by atoms with E-state index in [1.54, 1.807) is 0 Å². The highest BCUT2D eigenvalue weighted by molar-refractivity contribution is 7.61. The molecule has 2 rings (SSSR count). The molecule has 0 spiro atoms. The number of carbonyl (C=O) groups is 2. The maximum absolute atomic E-state index is 12.9. The standard InChI is InChI=1S/C53H91N3O16P2/c1-4-43(3)34-30-26-22-18-14-10-6-8-12-16-20-24-28-32-36-48(58)67-40-45(70-49(59)37-33-29-25-21-17-13-9-7-11-15-19-23-27-31-35-44(57)5-2)41-68-73(63,64)72-74(65,66)69-42-46-50(60)51(61)52(71-46)56-39-38-47(54)55-53(56)62/h9,11,13,15,21,23,25,27,38-39,43-46,50-52,57,60-61H,4-8,10,12,14,16-20,22,24,26,28-37,40-42H2,1-3H3,(H,63,64)(H,65,66)(H2,54,55,62)/b13-9-,15-11-,25-21-,27-23-/t43?,44-,45-,46-,50-,51-,52-/m1/s1. The Bertz CT molecular complexity index is 1960. The average Bonchev–Trinajstić information content (AvgIpc) is 3.64. The number of unbranched alkanes of at least 4 members (excludes halogenated alkanes) is 14. The molecular formula is C53H91N3O16P2. The first-order chi connectivity index (χ1) is 35.5. The van der Waals surface area contributed by atoms with Gasteiger partial charge in [0.15, 0.2) is 12.3 Å². The molecule has 0 amide bonds. The molecule has 0 aromatic carbocycles. The van der Waals surface area contributed by atoms with Crippen molar-refractivity contribution in [2.75, 3.05) is 25.6 Å². The second-order valence-electron chi connectivity index (χ2n) is 19.1. The Balaban J connectivity index is 1.80. The summed E-state index contributed by atoms with van der Waals surface area (Å²) in [4.78, 5) is 62.0. The molecule has 74 heavy (non-hydrogen) atoms. The van der Waals surface area contributed by atoms with Crippen LogP contribution in [0.5, 0.6) is 0 Å². The number of anilines is 1. The molecule has 9 atom stereocenters. The maximum Gasteiger partial charge on any atom is 0.481 e. The number of phosphoric ester groups is 2. The molecule has 1 aromatic rings. The molecule has 1 saturated heterocycles. The van der Waals surface area contributed by atoms with Gasteiger partial charge in [0.2, 0.25) is 0 Å². The van der Waals surface area contributed by atoms with Gasteiger partial charge < -0.3 is 45.1 Å². The topological polar surface area (TPSA) is 286 Å². The van der Waals surface area contributed by atoms with Crippen molar-refractivity contribution in [1.29, 1.82) is 0 Å². The van der Waals surface area contributed by atoms with E-state index in [1.165, 1.54) is 76.7 Å². The van der Waals surface area contributed by atoms with E-state index < -0.39 is 83.7 Å². The van der Waals surface area contributed by atoms with Gasteiger partial charge in [0.05, 0.1) is 19.3 Å². The monoisotopic (exact) mass is 1090 g/mol. The molecular weight excluding hydrogens is 997 g/mol. The first-order valence-corrected chi connectivity index (χ1v) is 30.1. The molecule has 1 aliphatic heterocycles. The van der Waals surface area contributed by atoms with Gasteiger partial charge in [-0.3, -0.25) is 23.2 Å². The molecule has 0 radical (unpaired) electrons. The summed E-state index contributed by atoms with van der Waals surface area (Å²) in [6, 6.07) is 1.24. The van der Waals surface area contributed by atoms with Crippen molar-refractivity contribution >= 4 is 33.4 Å². The molecule has 1 aliphatic rings. The lowest BCUT2D eigenvalue weighted by molar-refractivity contribution is -0.161. The summed E-state index contributed by atoms with van der Waals surface area (Å²) >= 11 is 0. The second kappa shape index (κ2) is 40.0. The molecule has 0 saturated carbocycles. The van der Waals surface area contributed by atoms with Crippen molar-refractivity contribution in [3.63, 3.8) is 0 Å². The van der Waals surface area contributed by atoms with Crippen LogP contribution in [0.15, 0.2) is 65.7 Å². The minimum absolute atomic E-state index is 0.0388. The Labute approximate surface area is 440 Å². The number of allylic oxidation sites excluding steroid dienone is 8. The van der Waals surface area contributed by atoms with Crippen LogP contribution in [-0.4, -0.2) is 96.9 Å². The van der Waals surface area contributed by atoms with E-state index in [0.717, 1.165) is 74.5 Å². The number of rotatable bonds is 44. The van der Waals surface area contributed by atoms with Crippen LogP contribution in [0, 0.1) is 5.92 Å². The molecule has 7 N–H and O–H groups in total. The summed E-state index contributed by atoms with van der Waals surface area (Å²) in [6.45, 7) is 4.19. The predicted molar refractivity (Wildman–Crippen MR) is 285 cm³/mol. The van der Waals surface area contributed by atoms with Crippen molar-refractivity contribution < 1.29 is 71.4 Å². The fourth-order valence-corrected chi connectivity index (χ4v) is 9.96. The third-order valence-corrected chi connectivity index (χ3v) is 15.2. The van der Waals surface area contributed by atoms with E-state index in [1.807, 2.05) is 25.2 Å². The first-order valence-electron chi connectivity index (χ1n) is 27.1. The Morgan fingerprint density at radius 1 is 0.716 bits per heavy atom. The van der Waals surface area contributed by atoms with E-state index in [9.17, 15) is 48.6 Å². The zero-order chi connectivity index (χ0) is 54.5. The Morgan fingerprint density at radius 2 is 1.24 bits per heavy atom. The number of nitrogens with zero attached hydrogens (tertiary/aromatic N) is 2. The number of nitrogen functional groups attached to an aromatic ring is 1. The molecule has 2 heterocycles. The van der Waals surface area contributed by atoms with Crippen LogP contribution in [0.4, 0.5) is 5.82 Å². The van der Waals surface area contributed by atoms with Crippen molar-refractivity contribution in [2.24, 2.45) is 5.92 Å². The number of nitrogens with two attached hydrogens (primary N) is 1. The molecule has 0 bridgehead atoms. The van der Waals surface area contributed by atoms with E-state index >= 15 is 0 Å². The zero-order valence-electron chi connectivity index (χ0n) is 44.4. The molecule has 21 heteroatoms. The van der Waals surface area contributed by atoms with Crippen LogP contribution in [0.25, 0.3) is 0 Å². The van der Waals surface area contributed by atoms with Gasteiger partial charge in [-0.1, -0.05) is 166 Å². The molecule has 1 aromatic heterocycles. The number of hydrogen-bond acceptors (Lipinski definition) is 16. The third kappa shape index (κ3) is 32.3. The minimum atomic E-state index is -5.44. The number of aliphatic hydroxyl groups is 3. The van der Waals surface area contributed by atoms with Crippen LogP contribution in [0.1, 0.15) is 194 Å².